The van der Waals surface area contributed by atoms with Gasteiger partial charge in [0.25, 0.3) is 0 Å². The molecule has 0 aliphatic heterocycles. The maximum absolute atomic E-state index is 2.59. The highest BCUT2D eigenvalue weighted by Gasteiger charge is 2.35. The van der Waals surface area contributed by atoms with Gasteiger partial charge in [-0.2, -0.15) is 0 Å². The van der Waals surface area contributed by atoms with Crippen molar-refractivity contribution in [2.75, 3.05) is 38.1 Å². The van der Waals surface area contributed by atoms with Gasteiger partial charge >= 0.3 is 0 Å². The Morgan fingerprint density at radius 1 is 0.370 bits per heavy atom. The SMILES string of the molecule is CCCCCCCC[N+](CCCCCCCC)(CCCCCCCC)Cc1ccc(C[P+](CCCC)(CCCC)CCCC)cc1. The summed E-state index contributed by atoms with van der Waals surface area (Å²) in [5, 5.41) is 0. The molecule has 0 spiro atoms. The summed E-state index contributed by atoms with van der Waals surface area (Å²) in [5.74, 6) is 0. The van der Waals surface area contributed by atoms with E-state index in [4.69, 9.17) is 0 Å². The van der Waals surface area contributed by atoms with Crippen LogP contribution in [0.3, 0.4) is 0 Å². The van der Waals surface area contributed by atoms with E-state index in [-0.39, 0.29) is 0 Å². The average Bonchev–Trinajstić information content (AvgIpc) is 3.07. The highest BCUT2D eigenvalue weighted by molar-refractivity contribution is 7.75. The van der Waals surface area contributed by atoms with E-state index in [2.05, 4.69) is 65.8 Å². The summed E-state index contributed by atoms with van der Waals surface area (Å²) in [5.41, 5.74) is 3.27. The molecule has 0 atom stereocenters. The van der Waals surface area contributed by atoms with Crippen LogP contribution in [0.4, 0.5) is 0 Å². The zero-order valence-electron chi connectivity index (χ0n) is 32.8. The second-order valence-electron chi connectivity index (χ2n) is 15.5. The predicted molar refractivity (Wildman–Crippen MR) is 215 cm³/mol. The summed E-state index contributed by atoms with van der Waals surface area (Å²) < 4.78 is 1.36. The van der Waals surface area contributed by atoms with Gasteiger partial charge in [-0.15, -0.1) is 0 Å². The van der Waals surface area contributed by atoms with Gasteiger partial charge < -0.3 is 4.48 Å². The van der Waals surface area contributed by atoms with Crippen LogP contribution in [0.25, 0.3) is 0 Å². The van der Waals surface area contributed by atoms with Crippen LogP contribution in [0.2, 0.25) is 0 Å². The zero-order valence-corrected chi connectivity index (χ0v) is 33.7. The smallest absolute Gasteiger partial charge is 0.104 e. The minimum Gasteiger partial charge on any atom is -0.320 e. The molecule has 0 heterocycles. The third-order valence-electron chi connectivity index (χ3n) is 11.0. The zero-order chi connectivity index (χ0) is 33.6. The van der Waals surface area contributed by atoms with E-state index >= 15 is 0 Å². The molecule has 0 unspecified atom stereocenters. The molecule has 0 aliphatic carbocycles. The molecule has 270 valence electrons. The topological polar surface area (TPSA) is 0 Å². The summed E-state index contributed by atoms with van der Waals surface area (Å²) in [4.78, 5) is 0. The van der Waals surface area contributed by atoms with Crippen LogP contribution in [0.15, 0.2) is 24.3 Å². The van der Waals surface area contributed by atoms with Crippen LogP contribution in [-0.4, -0.2) is 42.6 Å². The molecule has 0 amide bonds. The molecule has 0 radical (unpaired) electrons. The monoisotopic (exact) mass is 660 g/mol. The Balaban J connectivity index is 3.13. The van der Waals surface area contributed by atoms with E-state index in [0.717, 1.165) is 0 Å². The predicted octanol–water partition coefficient (Wildman–Crippen LogP) is 15.0. The van der Waals surface area contributed by atoms with Crippen molar-refractivity contribution in [2.45, 2.75) is 208 Å². The number of quaternary nitrogens is 1. The first-order valence-electron chi connectivity index (χ1n) is 21.3. The Morgan fingerprint density at radius 3 is 1.02 bits per heavy atom. The number of hydrogen-bond donors (Lipinski definition) is 0. The maximum Gasteiger partial charge on any atom is 0.104 e. The molecule has 0 saturated carbocycles. The summed E-state index contributed by atoms with van der Waals surface area (Å²) >= 11 is 0. The van der Waals surface area contributed by atoms with Gasteiger partial charge in [0.15, 0.2) is 0 Å². The summed E-state index contributed by atoms with van der Waals surface area (Å²) in [6.45, 7) is 19.7. The Morgan fingerprint density at radius 2 is 0.674 bits per heavy atom. The van der Waals surface area contributed by atoms with Crippen molar-refractivity contribution >= 4 is 7.26 Å². The van der Waals surface area contributed by atoms with E-state index in [1.807, 2.05) is 0 Å². The highest BCUT2D eigenvalue weighted by Crippen LogP contribution is 2.63. The Labute approximate surface area is 292 Å². The van der Waals surface area contributed by atoms with Crippen LogP contribution < -0.4 is 0 Å². The lowest BCUT2D eigenvalue weighted by molar-refractivity contribution is -0.941. The minimum atomic E-state index is -0.908. The quantitative estimate of drug-likeness (QED) is 0.0392. The van der Waals surface area contributed by atoms with Crippen LogP contribution in [0.1, 0.15) is 207 Å². The van der Waals surface area contributed by atoms with Gasteiger partial charge in [-0.05, 0) is 63.4 Å². The fourth-order valence-corrected chi connectivity index (χ4v) is 12.9. The number of rotatable bonds is 34. The van der Waals surface area contributed by atoms with E-state index < -0.39 is 7.26 Å². The van der Waals surface area contributed by atoms with Crippen molar-refractivity contribution in [1.29, 1.82) is 0 Å². The van der Waals surface area contributed by atoms with Gasteiger partial charge in [-0.3, -0.25) is 0 Å². The van der Waals surface area contributed by atoms with Gasteiger partial charge in [0.1, 0.15) is 6.54 Å². The van der Waals surface area contributed by atoms with Gasteiger partial charge in [-0.25, -0.2) is 0 Å². The lowest BCUT2D eigenvalue weighted by atomic mass is 10.0. The molecule has 46 heavy (non-hydrogen) atoms. The number of benzene rings is 1. The van der Waals surface area contributed by atoms with Crippen LogP contribution in [0.5, 0.6) is 0 Å². The van der Waals surface area contributed by atoms with Crippen LogP contribution >= 0.6 is 7.26 Å². The first kappa shape index (κ1) is 43.6. The molecule has 1 aromatic carbocycles. The normalized spacial score (nSPS) is 12.3. The Kier molecular flexibility index (Phi) is 28.0. The third kappa shape index (κ3) is 20.9. The molecule has 0 aromatic heterocycles. The molecule has 1 nitrogen and oxygen atoms in total. The molecule has 1 aromatic rings. The number of nitrogens with zero attached hydrogens (tertiary/aromatic N) is 1. The van der Waals surface area contributed by atoms with Crippen LogP contribution in [0, 0.1) is 0 Å². The summed E-state index contributed by atoms with van der Waals surface area (Å²) in [6, 6.07) is 10.3. The molecule has 0 fully saturated rings. The summed E-state index contributed by atoms with van der Waals surface area (Å²) in [6.07, 6.45) is 39.9. The highest BCUT2D eigenvalue weighted by atomic mass is 31.2. The third-order valence-corrected chi connectivity index (χ3v) is 15.8. The van der Waals surface area contributed by atoms with E-state index in [1.165, 1.54) is 209 Å². The molecular weight excluding hydrogens is 573 g/mol. The van der Waals surface area contributed by atoms with Gasteiger partial charge in [-0.1, -0.05) is 162 Å². The molecule has 1 rings (SSSR count). The first-order valence-corrected chi connectivity index (χ1v) is 23.8. The average molecular weight is 660 g/mol. The molecule has 0 N–H and O–H groups in total. The van der Waals surface area contributed by atoms with Crippen molar-refractivity contribution in [3.8, 4) is 0 Å². The van der Waals surface area contributed by atoms with Gasteiger partial charge in [0.2, 0.25) is 0 Å². The van der Waals surface area contributed by atoms with Crippen molar-refractivity contribution in [2.24, 2.45) is 0 Å². The van der Waals surface area contributed by atoms with E-state index in [9.17, 15) is 0 Å². The van der Waals surface area contributed by atoms with E-state index in [0.29, 0.717) is 0 Å². The van der Waals surface area contributed by atoms with Crippen LogP contribution in [-0.2, 0) is 12.7 Å². The van der Waals surface area contributed by atoms with Crippen molar-refractivity contribution in [3.05, 3.63) is 35.4 Å². The van der Waals surface area contributed by atoms with Gasteiger partial charge in [0.05, 0.1) is 44.3 Å². The van der Waals surface area contributed by atoms with Gasteiger partial charge in [0, 0.05) is 12.8 Å². The Bertz CT molecular complexity index is 708. The lowest BCUT2D eigenvalue weighted by Gasteiger charge is -2.40. The standard InChI is InChI=1S/C44H86NP/c1-7-13-19-22-25-28-35-45(36-29-26-23-20-14-8-2,37-30-27-24-21-15-9-3)41-43-31-33-44(34-32-43)42-46(38-16-10-4,39-17-11-5)40-18-12-6/h31-34H,7-30,35-42H2,1-6H3/q+2. The fourth-order valence-electron chi connectivity index (χ4n) is 7.83. The number of unbranched alkanes of at least 4 members (excludes halogenated alkanes) is 18. The molecule has 0 aliphatic rings. The van der Waals surface area contributed by atoms with Crippen molar-refractivity contribution < 1.29 is 4.48 Å². The molecule has 0 saturated heterocycles. The van der Waals surface area contributed by atoms with E-state index in [1.54, 1.807) is 11.1 Å². The van der Waals surface area contributed by atoms with Crippen molar-refractivity contribution in [3.63, 3.8) is 0 Å². The lowest BCUT2D eigenvalue weighted by Crippen LogP contribution is -2.49. The summed E-state index contributed by atoms with van der Waals surface area (Å²) in [7, 11) is -0.908. The molecule has 2 heteroatoms. The second kappa shape index (κ2) is 29.5. The largest absolute Gasteiger partial charge is 0.320 e. The number of hydrogen-bond acceptors (Lipinski definition) is 0. The maximum atomic E-state index is 2.59. The molecule has 0 bridgehead atoms. The fraction of sp³-hybridized carbons (Fsp3) is 0.864. The second-order valence-corrected chi connectivity index (χ2v) is 19.9. The Hall–Kier alpha value is -0.390. The first-order chi connectivity index (χ1) is 22.5. The van der Waals surface area contributed by atoms with Crippen molar-refractivity contribution in [1.82, 2.24) is 0 Å². The minimum absolute atomic E-state index is 0.908. The molecular formula is C44H86NP+2.